The highest BCUT2D eigenvalue weighted by atomic mass is 32.2. The van der Waals surface area contributed by atoms with E-state index in [-0.39, 0.29) is 17.4 Å². The highest BCUT2D eigenvalue weighted by Gasteiger charge is 2.44. The molecule has 4 aliphatic rings. The van der Waals surface area contributed by atoms with Crippen LogP contribution in [0, 0.1) is 5.41 Å². The molecule has 1 aliphatic carbocycles. The van der Waals surface area contributed by atoms with Crippen LogP contribution in [0.4, 0.5) is 31.8 Å². The highest BCUT2D eigenvalue weighted by molar-refractivity contribution is 7.90. The number of anilines is 4. The van der Waals surface area contributed by atoms with Gasteiger partial charge in [0.2, 0.25) is 0 Å². The molecular formula is C31H41F2N7O3S. The Morgan fingerprint density at radius 2 is 1.77 bits per heavy atom. The molecule has 0 amide bonds. The number of likely N-dealkylation sites (N-methyl/N-ethyl adjacent to an activating group) is 1. The van der Waals surface area contributed by atoms with Crippen LogP contribution in [0.1, 0.15) is 32.6 Å². The molecule has 44 heavy (non-hydrogen) atoms. The van der Waals surface area contributed by atoms with Gasteiger partial charge in [-0.2, -0.15) is 0 Å². The zero-order valence-electron chi connectivity index (χ0n) is 25.5. The largest absolute Gasteiger partial charge is 0.370 e. The summed E-state index contributed by atoms with van der Waals surface area (Å²) in [5, 5.41) is 4.82. The number of sulfone groups is 1. The van der Waals surface area contributed by atoms with Crippen molar-refractivity contribution in [1.29, 1.82) is 0 Å². The molecule has 0 spiro atoms. The molecule has 238 valence electrons. The summed E-state index contributed by atoms with van der Waals surface area (Å²) in [6, 6.07) is 7.25. The number of hydrogen-bond acceptors (Lipinski definition) is 10. The minimum Gasteiger partial charge on any atom is -0.370 e. The van der Waals surface area contributed by atoms with Gasteiger partial charge < -0.3 is 15.1 Å². The fourth-order valence-corrected chi connectivity index (χ4v) is 7.89. The first-order valence-electron chi connectivity index (χ1n) is 15.3. The van der Waals surface area contributed by atoms with Crippen molar-refractivity contribution < 1.29 is 22.0 Å². The van der Waals surface area contributed by atoms with E-state index < -0.39 is 26.9 Å². The average molecular weight is 630 g/mol. The molecular weight excluding hydrogens is 588 g/mol. The fourth-order valence-electron chi connectivity index (χ4n) is 6.97. The fraction of sp³-hybridized carbons (Fsp3) is 0.548. The van der Waals surface area contributed by atoms with E-state index in [1.807, 2.05) is 19.1 Å². The quantitative estimate of drug-likeness (QED) is 0.473. The molecule has 3 saturated heterocycles. The maximum Gasteiger partial charge on any atom is 0.177 e. The van der Waals surface area contributed by atoms with Gasteiger partial charge in [0.15, 0.2) is 15.7 Å². The summed E-state index contributed by atoms with van der Waals surface area (Å²) in [6.45, 7) is 8.13. The summed E-state index contributed by atoms with van der Waals surface area (Å²) in [5.74, 6) is -0.226. The van der Waals surface area contributed by atoms with Crippen LogP contribution in [-0.4, -0.2) is 99.4 Å². The Kier molecular flexibility index (Phi) is 8.66. The van der Waals surface area contributed by atoms with Crippen molar-refractivity contribution in [1.82, 2.24) is 19.8 Å². The van der Waals surface area contributed by atoms with Crippen molar-refractivity contribution in [2.75, 3.05) is 74.5 Å². The molecule has 1 aromatic heterocycles. The summed E-state index contributed by atoms with van der Waals surface area (Å²) >= 11 is 0. The lowest BCUT2D eigenvalue weighted by Crippen LogP contribution is -2.52. The molecule has 3 fully saturated rings. The van der Waals surface area contributed by atoms with Crippen LogP contribution in [-0.2, 0) is 14.7 Å². The predicted octanol–water partition coefficient (Wildman–Crippen LogP) is 4.47. The van der Waals surface area contributed by atoms with Crippen molar-refractivity contribution in [3.63, 3.8) is 0 Å². The van der Waals surface area contributed by atoms with E-state index in [1.54, 1.807) is 17.2 Å². The Morgan fingerprint density at radius 1 is 1.02 bits per heavy atom. The first-order chi connectivity index (χ1) is 21.0. The third kappa shape index (κ3) is 6.60. The minimum atomic E-state index is -3.52. The van der Waals surface area contributed by atoms with Gasteiger partial charge in [-0.25, -0.2) is 32.2 Å². The number of hydroxylamine groups is 1. The van der Waals surface area contributed by atoms with Crippen molar-refractivity contribution in [3.8, 4) is 0 Å². The van der Waals surface area contributed by atoms with E-state index in [4.69, 9.17) is 4.84 Å². The molecule has 1 N–H and O–H groups in total. The number of nitrogens with zero attached hydrogens (tertiary/aromatic N) is 6. The molecule has 4 heterocycles. The molecule has 2 aromatic rings. The van der Waals surface area contributed by atoms with E-state index in [1.165, 1.54) is 18.7 Å². The molecule has 2 atom stereocenters. The molecule has 0 radical (unpaired) electrons. The van der Waals surface area contributed by atoms with Gasteiger partial charge in [0.1, 0.15) is 23.8 Å². The molecule has 1 aromatic carbocycles. The minimum absolute atomic E-state index is 0.0648. The summed E-state index contributed by atoms with van der Waals surface area (Å²) in [7, 11) is -1.36. The van der Waals surface area contributed by atoms with E-state index in [0.29, 0.717) is 42.1 Å². The molecule has 6 rings (SSSR count). The van der Waals surface area contributed by atoms with E-state index in [2.05, 4.69) is 37.0 Å². The number of nitrogens with one attached hydrogen (secondary N) is 1. The molecule has 0 bridgehead atoms. The van der Waals surface area contributed by atoms with Crippen molar-refractivity contribution >= 4 is 32.8 Å². The van der Waals surface area contributed by atoms with Gasteiger partial charge in [-0.1, -0.05) is 6.92 Å². The Hall–Kier alpha value is -3.13. The van der Waals surface area contributed by atoms with Crippen LogP contribution in [0.2, 0.25) is 0 Å². The number of benzene rings is 1. The Morgan fingerprint density at radius 3 is 2.48 bits per heavy atom. The van der Waals surface area contributed by atoms with Gasteiger partial charge in [-0.3, -0.25) is 9.74 Å². The van der Waals surface area contributed by atoms with Crippen LogP contribution in [0.25, 0.3) is 0 Å². The van der Waals surface area contributed by atoms with Crippen LogP contribution < -0.4 is 15.3 Å². The van der Waals surface area contributed by atoms with E-state index in [9.17, 15) is 17.2 Å². The molecule has 1 unspecified atom stereocenters. The summed E-state index contributed by atoms with van der Waals surface area (Å²) in [5.41, 5.74) is 0.465. The third-order valence-corrected chi connectivity index (χ3v) is 10.5. The first-order valence-corrected chi connectivity index (χ1v) is 17.1. The number of piperidine rings is 1. The van der Waals surface area contributed by atoms with Crippen molar-refractivity contribution in [2.24, 2.45) is 5.41 Å². The standard InChI is InChI=1S/C31H41F2N7O3S/c1-31(19-22(32)16-23(33)20-31)28-8-15-43-40(28)30-18-29(34-21-35-30)36-24-4-5-26(27(17-24)44(3,41)42)39-9-6-25(7-10-39)38-13-11-37(2)12-14-38/h4-5,16-19,21,25,28H,6-15,20H2,1-3H3,(H,34,35,36)/t28-,31?/m1/s1. The molecule has 10 nitrogen and oxygen atoms in total. The maximum absolute atomic E-state index is 14.2. The topological polar surface area (TPSA) is 94.1 Å². The van der Waals surface area contributed by atoms with Gasteiger partial charge in [-0.15, -0.1) is 0 Å². The lowest BCUT2D eigenvalue weighted by molar-refractivity contribution is 0.0981. The maximum atomic E-state index is 14.2. The number of halogens is 2. The van der Waals surface area contributed by atoms with Crippen LogP contribution in [0.5, 0.6) is 0 Å². The zero-order chi connectivity index (χ0) is 31.1. The zero-order valence-corrected chi connectivity index (χ0v) is 26.4. The molecule has 13 heteroatoms. The smallest absolute Gasteiger partial charge is 0.177 e. The summed E-state index contributed by atoms with van der Waals surface area (Å²) in [4.78, 5) is 22.0. The van der Waals surface area contributed by atoms with Gasteiger partial charge in [-0.05, 0) is 50.6 Å². The van der Waals surface area contributed by atoms with Gasteiger partial charge >= 0.3 is 0 Å². The number of hydrogen-bond donors (Lipinski definition) is 1. The van der Waals surface area contributed by atoms with Gasteiger partial charge in [0, 0.05) is 81.2 Å². The number of piperazine rings is 1. The predicted molar refractivity (Wildman–Crippen MR) is 167 cm³/mol. The normalized spacial score (nSPS) is 26.1. The lowest BCUT2D eigenvalue weighted by Gasteiger charge is -2.42. The first kappa shape index (κ1) is 30.9. The van der Waals surface area contributed by atoms with Crippen molar-refractivity contribution in [3.05, 3.63) is 54.4 Å². The Bertz CT molecular complexity index is 1540. The average Bonchev–Trinajstić information content (AvgIpc) is 3.48. The molecule has 3 aliphatic heterocycles. The SMILES string of the molecule is CN1CCN(C2CCN(c3ccc(Nc4cc(N5OCC[C@@H]5C5(C)C=C(F)C=C(F)C5)ncn4)cc3S(C)(=O)=O)CC2)CC1. The summed E-state index contributed by atoms with van der Waals surface area (Å²) in [6.07, 6.45) is 7.63. The van der Waals surface area contributed by atoms with Gasteiger partial charge in [0.05, 0.1) is 23.2 Å². The highest BCUT2D eigenvalue weighted by Crippen LogP contribution is 2.44. The number of aromatic nitrogens is 2. The van der Waals surface area contributed by atoms with Crippen LogP contribution >= 0.6 is 0 Å². The second-order valence-corrected chi connectivity index (χ2v) is 14.6. The van der Waals surface area contributed by atoms with Gasteiger partial charge in [0.25, 0.3) is 0 Å². The lowest BCUT2D eigenvalue weighted by atomic mass is 9.75. The van der Waals surface area contributed by atoms with Crippen LogP contribution in [0.3, 0.4) is 0 Å². The van der Waals surface area contributed by atoms with Crippen LogP contribution in [0.15, 0.2) is 59.3 Å². The second kappa shape index (κ2) is 12.3. The Labute approximate surface area is 258 Å². The monoisotopic (exact) mass is 629 g/mol. The Balaban J connectivity index is 1.17. The molecule has 0 saturated carbocycles. The van der Waals surface area contributed by atoms with E-state index >= 15 is 0 Å². The second-order valence-electron chi connectivity index (χ2n) is 12.7. The number of rotatable bonds is 7. The number of allylic oxidation sites excluding steroid dienone is 3. The third-order valence-electron chi connectivity index (χ3n) is 9.35. The van der Waals surface area contributed by atoms with Crippen molar-refractivity contribution in [2.45, 2.75) is 49.6 Å². The van der Waals surface area contributed by atoms with E-state index in [0.717, 1.165) is 58.2 Å². The summed E-state index contributed by atoms with van der Waals surface area (Å²) < 4.78 is 54.3.